The van der Waals surface area contributed by atoms with Gasteiger partial charge in [0.25, 0.3) is 5.91 Å². The summed E-state index contributed by atoms with van der Waals surface area (Å²) in [5.74, 6) is -0.0439. The Morgan fingerprint density at radius 1 is 1.04 bits per heavy atom. The largest absolute Gasteiger partial charge is 0.459 e. The monoisotopic (exact) mass is 435 g/mol. The molecule has 146 valence electrons. The van der Waals surface area contributed by atoms with E-state index in [2.05, 4.69) is 5.32 Å². The molecule has 0 aliphatic heterocycles. The van der Waals surface area contributed by atoms with Crippen LogP contribution in [0.2, 0.25) is 5.02 Å². The number of rotatable bonds is 8. The standard InChI is InChI=1S/C20H18ClNO4S2/c21-16-6-8-17(9-7-16)27-13-11-22-20(23)19-15(10-12-26-19)14-28(24,25)18-4-2-1-3-5-18/h1-10,12H,11,13-14H2,(H,22,23). The third-order valence-corrected chi connectivity index (χ3v) is 6.82. The number of thioether (sulfide) groups is 1. The second-order valence-electron chi connectivity index (χ2n) is 5.91. The maximum Gasteiger partial charge on any atom is 0.287 e. The summed E-state index contributed by atoms with van der Waals surface area (Å²) in [6.45, 7) is 0.414. The van der Waals surface area contributed by atoms with Crippen molar-refractivity contribution in [1.29, 1.82) is 0 Å². The molecule has 0 aliphatic carbocycles. The van der Waals surface area contributed by atoms with Gasteiger partial charge in [0.1, 0.15) is 0 Å². The van der Waals surface area contributed by atoms with Crippen LogP contribution in [0, 0.1) is 0 Å². The number of hydrogen-bond acceptors (Lipinski definition) is 5. The zero-order valence-corrected chi connectivity index (χ0v) is 17.2. The maximum atomic E-state index is 12.5. The lowest BCUT2D eigenvalue weighted by Crippen LogP contribution is -2.26. The summed E-state index contributed by atoms with van der Waals surface area (Å²) in [7, 11) is -3.56. The molecular weight excluding hydrogens is 418 g/mol. The van der Waals surface area contributed by atoms with E-state index in [4.69, 9.17) is 16.0 Å². The molecule has 1 aromatic heterocycles. The smallest absolute Gasteiger partial charge is 0.287 e. The number of sulfone groups is 1. The van der Waals surface area contributed by atoms with Crippen molar-refractivity contribution in [1.82, 2.24) is 5.32 Å². The highest BCUT2D eigenvalue weighted by Crippen LogP contribution is 2.21. The van der Waals surface area contributed by atoms with Gasteiger partial charge >= 0.3 is 0 Å². The molecule has 0 fully saturated rings. The number of hydrogen-bond donors (Lipinski definition) is 1. The minimum Gasteiger partial charge on any atom is -0.459 e. The van der Waals surface area contributed by atoms with E-state index in [1.165, 1.54) is 24.5 Å². The molecule has 0 saturated carbocycles. The molecule has 0 spiro atoms. The molecule has 0 bridgehead atoms. The Balaban J connectivity index is 1.57. The Morgan fingerprint density at radius 3 is 2.46 bits per heavy atom. The molecular formula is C20H18ClNO4S2. The summed E-state index contributed by atoms with van der Waals surface area (Å²) in [4.78, 5) is 13.6. The first-order valence-corrected chi connectivity index (χ1v) is 11.5. The number of furan rings is 1. The number of carbonyl (C=O) groups is 1. The van der Waals surface area contributed by atoms with E-state index in [9.17, 15) is 13.2 Å². The number of nitrogens with one attached hydrogen (secondary N) is 1. The zero-order chi connectivity index (χ0) is 20.0. The highest BCUT2D eigenvalue weighted by Gasteiger charge is 2.22. The second-order valence-corrected chi connectivity index (χ2v) is 9.50. The van der Waals surface area contributed by atoms with Crippen LogP contribution in [0.4, 0.5) is 0 Å². The molecule has 0 radical (unpaired) electrons. The molecule has 1 amide bonds. The first-order valence-electron chi connectivity index (χ1n) is 8.46. The van der Waals surface area contributed by atoms with E-state index in [-0.39, 0.29) is 16.4 Å². The van der Waals surface area contributed by atoms with E-state index in [0.717, 1.165) is 4.90 Å². The van der Waals surface area contributed by atoms with Crippen molar-refractivity contribution in [3.63, 3.8) is 0 Å². The van der Waals surface area contributed by atoms with Crippen molar-refractivity contribution in [3.05, 3.63) is 83.3 Å². The Kier molecular flexibility index (Phi) is 6.83. The van der Waals surface area contributed by atoms with Crippen LogP contribution in [0.5, 0.6) is 0 Å². The van der Waals surface area contributed by atoms with E-state index >= 15 is 0 Å². The zero-order valence-electron chi connectivity index (χ0n) is 14.8. The van der Waals surface area contributed by atoms with Crippen molar-refractivity contribution >= 4 is 39.1 Å². The number of amides is 1. The fourth-order valence-corrected chi connectivity index (χ4v) is 4.78. The average Bonchev–Trinajstić information content (AvgIpc) is 3.14. The summed E-state index contributed by atoms with van der Waals surface area (Å²) < 4.78 is 30.3. The maximum absolute atomic E-state index is 12.5. The van der Waals surface area contributed by atoms with Crippen molar-refractivity contribution in [2.45, 2.75) is 15.5 Å². The predicted octanol–water partition coefficient (Wildman–Crippen LogP) is 4.43. The summed E-state index contributed by atoms with van der Waals surface area (Å²) >= 11 is 7.43. The molecule has 0 saturated heterocycles. The van der Waals surface area contributed by atoms with Gasteiger partial charge in [0.05, 0.1) is 16.9 Å². The van der Waals surface area contributed by atoms with Crippen LogP contribution < -0.4 is 5.32 Å². The normalized spacial score (nSPS) is 11.3. The molecule has 0 unspecified atom stereocenters. The molecule has 28 heavy (non-hydrogen) atoms. The Labute approximate surface area is 173 Å². The van der Waals surface area contributed by atoms with Gasteiger partial charge in [-0.3, -0.25) is 4.79 Å². The first-order chi connectivity index (χ1) is 13.5. The highest BCUT2D eigenvalue weighted by atomic mass is 35.5. The van der Waals surface area contributed by atoms with E-state index in [1.54, 1.807) is 30.0 Å². The molecule has 5 nitrogen and oxygen atoms in total. The summed E-state index contributed by atoms with van der Waals surface area (Å²) in [6, 6.07) is 17.1. The van der Waals surface area contributed by atoms with Crippen LogP contribution >= 0.6 is 23.4 Å². The minimum atomic E-state index is -3.56. The fraction of sp³-hybridized carbons (Fsp3) is 0.150. The quantitative estimate of drug-likeness (QED) is 0.418. The van der Waals surface area contributed by atoms with Crippen LogP contribution in [0.25, 0.3) is 0 Å². The van der Waals surface area contributed by atoms with Crippen LogP contribution in [0.3, 0.4) is 0 Å². The van der Waals surface area contributed by atoms with Gasteiger partial charge in [-0.15, -0.1) is 11.8 Å². The molecule has 1 N–H and O–H groups in total. The molecule has 0 aliphatic rings. The lowest BCUT2D eigenvalue weighted by molar-refractivity contribution is 0.0927. The van der Waals surface area contributed by atoms with Crippen LogP contribution in [0.1, 0.15) is 16.1 Å². The van der Waals surface area contributed by atoms with E-state index < -0.39 is 15.7 Å². The van der Waals surface area contributed by atoms with Gasteiger partial charge in [-0.2, -0.15) is 0 Å². The Hall–Kier alpha value is -2.22. The average molecular weight is 436 g/mol. The summed E-state index contributed by atoms with van der Waals surface area (Å²) in [5.41, 5.74) is 0.340. The molecule has 0 atom stereocenters. The van der Waals surface area contributed by atoms with Crippen LogP contribution in [0.15, 0.2) is 81.1 Å². The van der Waals surface area contributed by atoms with Gasteiger partial charge < -0.3 is 9.73 Å². The molecule has 1 heterocycles. The van der Waals surface area contributed by atoms with E-state index in [0.29, 0.717) is 22.9 Å². The van der Waals surface area contributed by atoms with Gasteiger partial charge in [-0.05, 0) is 42.5 Å². The number of benzene rings is 2. The van der Waals surface area contributed by atoms with Crippen LogP contribution in [-0.2, 0) is 15.6 Å². The fourth-order valence-electron chi connectivity index (χ4n) is 2.51. The minimum absolute atomic E-state index is 0.0241. The predicted molar refractivity (Wildman–Crippen MR) is 111 cm³/mol. The van der Waals surface area contributed by atoms with E-state index in [1.807, 2.05) is 24.3 Å². The lowest BCUT2D eigenvalue weighted by Gasteiger charge is -2.07. The number of carbonyl (C=O) groups excluding carboxylic acids is 1. The SMILES string of the molecule is O=C(NCCSc1ccc(Cl)cc1)c1occc1CS(=O)(=O)c1ccccc1. The van der Waals surface area contributed by atoms with Crippen molar-refractivity contribution in [2.24, 2.45) is 0 Å². The lowest BCUT2D eigenvalue weighted by atomic mass is 10.2. The highest BCUT2D eigenvalue weighted by molar-refractivity contribution is 7.99. The third-order valence-electron chi connectivity index (χ3n) is 3.87. The molecule has 2 aromatic carbocycles. The second kappa shape index (κ2) is 9.32. The first kappa shape index (κ1) is 20.5. The van der Waals surface area contributed by atoms with Gasteiger partial charge in [0.2, 0.25) is 0 Å². The van der Waals surface area contributed by atoms with Crippen molar-refractivity contribution in [2.75, 3.05) is 12.3 Å². The molecule has 3 rings (SSSR count). The Bertz CT molecular complexity index is 1030. The van der Waals surface area contributed by atoms with Crippen LogP contribution in [-0.4, -0.2) is 26.6 Å². The summed E-state index contributed by atoms with van der Waals surface area (Å²) in [6.07, 6.45) is 1.33. The van der Waals surface area contributed by atoms with Gasteiger partial charge in [-0.1, -0.05) is 29.8 Å². The van der Waals surface area contributed by atoms with Gasteiger partial charge in [-0.25, -0.2) is 8.42 Å². The number of halogens is 1. The summed E-state index contributed by atoms with van der Waals surface area (Å²) in [5, 5.41) is 3.43. The molecule has 8 heteroatoms. The van der Waals surface area contributed by atoms with Crippen molar-refractivity contribution in [3.8, 4) is 0 Å². The topological polar surface area (TPSA) is 76.4 Å². The van der Waals surface area contributed by atoms with Gasteiger partial charge in [0, 0.05) is 27.8 Å². The Morgan fingerprint density at radius 2 is 1.75 bits per heavy atom. The molecule has 3 aromatic rings. The van der Waals surface area contributed by atoms with Crippen molar-refractivity contribution < 1.29 is 17.6 Å². The van der Waals surface area contributed by atoms with Gasteiger partial charge in [0.15, 0.2) is 15.6 Å². The third kappa shape index (κ3) is 5.41.